The highest BCUT2D eigenvalue weighted by Crippen LogP contribution is 2.30. The summed E-state index contributed by atoms with van der Waals surface area (Å²) in [7, 11) is 0. The Labute approximate surface area is 106 Å². The van der Waals surface area contributed by atoms with Crippen LogP contribution in [0, 0.1) is 0 Å². The lowest BCUT2D eigenvalue weighted by Crippen LogP contribution is -2.56. The van der Waals surface area contributed by atoms with Gasteiger partial charge >= 0.3 is 0 Å². The van der Waals surface area contributed by atoms with Gasteiger partial charge in [-0.2, -0.15) is 0 Å². The largest absolute Gasteiger partial charge is 0.303 e. The average Bonchev–Trinajstić information content (AvgIpc) is 2.41. The van der Waals surface area contributed by atoms with Gasteiger partial charge in [-0.1, -0.05) is 20.8 Å². The van der Waals surface area contributed by atoms with Crippen LogP contribution in [0.5, 0.6) is 0 Å². The van der Waals surface area contributed by atoms with E-state index < -0.39 is 0 Å². The summed E-state index contributed by atoms with van der Waals surface area (Å²) < 4.78 is 0. The first-order chi connectivity index (χ1) is 8.22. The second kappa shape index (κ2) is 7.12. The van der Waals surface area contributed by atoms with Gasteiger partial charge in [0.05, 0.1) is 0 Å². The van der Waals surface area contributed by atoms with Crippen molar-refractivity contribution in [1.82, 2.24) is 9.80 Å². The zero-order valence-electron chi connectivity index (χ0n) is 11.7. The molecule has 0 radical (unpaired) electrons. The first-order valence-corrected chi connectivity index (χ1v) is 7.13. The van der Waals surface area contributed by atoms with Gasteiger partial charge in [0, 0.05) is 38.1 Å². The summed E-state index contributed by atoms with van der Waals surface area (Å²) in [6.07, 6.45) is 5.11. The highest BCUT2D eigenvalue weighted by atomic mass is 16.1. The standard InChI is InChI=1S/C14H28N2O/c1-4-14(5-2,8-7-13-17)16-11-9-15(6-3)10-12-16/h13H,4-12H2,1-3H3. The summed E-state index contributed by atoms with van der Waals surface area (Å²) in [6, 6.07) is 0. The number of rotatable bonds is 7. The molecular formula is C14H28N2O. The van der Waals surface area contributed by atoms with Crippen LogP contribution >= 0.6 is 0 Å². The zero-order valence-corrected chi connectivity index (χ0v) is 11.7. The molecule has 1 fully saturated rings. The smallest absolute Gasteiger partial charge is 0.120 e. The van der Waals surface area contributed by atoms with E-state index >= 15 is 0 Å². The number of nitrogens with zero attached hydrogens (tertiary/aromatic N) is 2. The number of piperazine rings is 1. The van der Waals surface area contributed by atoms with Crippen LogP contribution in [0.3, 0.4) is 0 Å². The molecule has 1 aliphatic rings. The van der Waals surface area contributed by atoms with Crippen molar-refractivity contribution >= 4 is 6.29 Å². The fourth-order valence-corrected chi connectivity index (χ4v) is 3.07. The molecule has 0 saturated carbocycles. The minimum Gasteiger partial charge on any atom is -0.303 e. The average molecular weight is 240 g/mol. The molecule has 3 heteroatoms. The van der Waals surface area contributed by atoms with Crippen molar-refractivity contribution < 1.29 is 4.79 Å². The first kappa shape index (κ1) is 14.7. The predicted molar refractivity (Wildman–Crippen MR) is 72.3 cm³/mol. The predicted octanol–water partition coefficient (Wildman–Crippen LogP) is 2.16. The SMILES string of the molecule is CCN1CCN(C(CC)(CC)CCC=O)CC1. The minimum atomic E-state index is 0.265. The Morgan fingerprint density at radius 2 is 1.65 bits per heavy atom. The second-order valence-electron chi connectivity index (χ2n) is 5.06. The van der Waals surface area contributed by atoms with E-state index in [1.165, 1.54) is 13.1 Å². The van der Waals surface area contributed by atoms with E-state index in [4.69, 9.17) is 0 Å². The lowest BCUT2D eigenvalue weighted by Gasteiger charge is -2.47. The van der Waals surface area contributed by atoms with Crippen LogP contribution in [0.15, 0.2) is 0 Å². The topological polar surface area (TPSA) is 23.6 Å². The van der Waals surface area contributed by atoms with E-state index in [0.717, 1.165) is 45.2 Å². The van der Waals surface area contributed by atoms with Crippen LogP contribution in [0.1, 0.15) is 46.5 Å². The van der Waals surface area contributed by atoms with Crippen LogP contribution in [0.25, 0.3) is 0 Å². The number of aldehydes is 1. The normalized spacial score (nSPS) is 19.5. The van der Waals surface area contributed by atoms with Crippen LogP contribution in [0.2, 0.25) is 0 Å². The number of hydrogen-bond acceptors (Lipinski definition) is 3. The van der Waals surface area contributed by atoms with E-state index in [2.05, 4.69) is 30.6 Å². The summed E-state index contributed by atoms with van der Waals surface area (Å²) in [6.45, 7) is 12.6. The maximum Gasteiger partial charge on any atom is 0.120 e. The minimum absolute atomic E-state index is 0.265. The Kier molecular flexibility index (Phi) is 6.14. The van der Waals surface area contributed by atoms with Gasteiger partial charge in [-0.25, -0.2) is 0 Å². The molecule has 0 aliphatic carbocycles. The molecule has 17 heavy (non-hydrogen) atoms. The van der Waals surface area contributed by atoms with Crippen LogP contribution in [0.4, 0.5) is 0 Å². The van der Waals surface area contributed by atoms with Crippen molar-refractivity contribution in [2.75, 3.05) is 32.7 Å². The zero-order chi connectivity index (χ0) is 12.7. The molecule has 0 N–H and O–H groups in total. The highest BCUT2D eigenvalue weighted by Gasteiger charge is 2.34. The summed E-state index contributed by atoms with van der Waals surface area (Å²) >= 11 is 0. The van der Waals surface area contributed by atoms with Gasteiger partial charge < -0.3 is 9.69 Å². The molecule has 0 aromatic carbocycles. The summed E-state index contributed by atoms with van der Waals surface area (Å²) in [5.74, 6) is 0. The van der Waals surface area contributed by atoms with Crippen LogP contribution in [-0.4, -0.2) is 54.3 Å². The fourth-order valence-electron chi connectivity index (χ4n) is 3.07. The number of likely N-dealkylation sites (N-methyl/N-ethyl adjacent to an activating group) is 1. The van der Waals surface area contributed by atoms with Gasteiger partial charge in [-0.3, -0.25) is 4.90 Å². The van der Waals surface area contributed by atoms with Crippen molar-refractivity contribution in [1.29, 1.82) is 0 Å². The molecule has 1 aliphatic heterocycles. The van der Waals surface area contributed by atoms with Gasteiger partial charge in [-0.15, -0.1) is 0 Å². The van der Waals surface area contributed by atoms with Gasteiger partial charge in [0.15, 0.2) is 0 Å². The molecule has 0 aromatic rings. The Balaban J connectivity index is 2.61. The van der Waals surface area contributed by atoms with Crippen molar-refractivity contribution in [2.45, 2.75) is 52.0 Å². The third-order valence-corrected chi connectivity index (χ3v) is 4.53. The first-order valence-electron chi connectivity index (χ1n) is 7.13. The molecule has 0 spiro atoms. The molecular weight excluding hydrogens is 212 g/mol. The number of carbonyl (C=O) groups is 1. The third-order valence-electron chi connectivity index (χ3n) is 4.53. The van der Waals surface area contributed by atoms with Gasteiger partial charge in [0.2, 0.25) is 0 Å². The lowest BCUT2D eigenvalue weighted by atomic mass is 9.85. The Morgan fingerprint density at radius 3 is 2.06 bits per heavy atom. The maximum absolute atomic E-state index is 10.6. The van der Waals surface area contributed by atoms with Gasteiger partial charge in [-0.05, 0) is 25.8 Å². The van der Waals surface area contributed by atoms with E-state index in [1.807, 2.05) is 0 Å². The Hall–Kier alpha value is -0.410. The van der Waals surface area contributed by atoms with Crippen molar-refractivity contribution in [3.8, 4) is 0 Å². The van der Waals surface area contributed by atoms with Crippen molar-refractivity contribution in [3.05, 3.63) is 0 Å². The summed E-state index contributed by atoms with van der Waals surface area (Å²) in [4.78, 5) is 15.8. The highest BCUT2D eigenvalue weighted by molar-refractivity contribution is 5.49. The molecule has 0 aromatic heterocycles. The molecule has 0 bridgehead atoms. The molecule has 0 amide bonds. The van der Waals surface area contributed by atoms with Gasteiger partial charge in [0.1, 0.15) is 6.29 Å². The van der Waals surface area contributed by atoms with E-state index in [1.54, 1.807) is 0 Å². The quantitative estimate of drug-likeness (QED) is 0.637. The molecule has 0 atom stereocenters. The van der Waals surface area contributed by atoms with Crippen molar-refractivity contribution in [2.24, 2.45) is 0 Å². The van der Waals surface area contributed by atoms with Crippen LogP contribution in [-0.2, 0) is 4.79 Å². The summed E-state index contributed by atoms with van der Waals surface area (Å²) in [5, 5.41) is 0. The molecule has 1 rings (SSSR count). The number of hydrogen-bond donors (Lipinski definition) is 0. The molecule has 1 heterocycles. The Bertz CT molecular complexity index is 218. The van der Waals surface area contributed by atoms with E-state index in [9.17, 15) is 4.79 Å². The fraction of sp³-hybridized carbons (Fsp3) is 0.929. The molecule has 100 valence electrons. The molecule has 1 saturated heterocycles. The second-order valence-corrected chi connectivity index (χ2v) is 5.06. The Morgan fingerprint density at radius 1 is 1.06 bits per heavy atom. The van der Waals surface area contributed by atoms with Crippen LogP contribution < -0.4 is 0 Å². The van der Waals surface area contributed by atoms with E-state index in [0.29, 0.717) is 6.42 Å². The van der Waals surface area contributed by atoms with E-state index in [-0.39, 0.29) is 5.54 Å². The van der Waals surface area contributed by atoms with Gasteiger partial charge in [0.25, 0.3) is 0 Å². The lowest BCUT2D eigenvalue weighted by molar-refractivity contribution is -0.108. The maximum atomic E-state index is 10.6. The molecule has 0 unspecified atom stereocenters. The molecule has 3 nitrogen and oxygen atoms in total. The third kappa shape index (κ3) is 3.52. The number of carbonyl (C=O) groups excluding carboxylic acids is 1. The monoisotopic (exact) mass is 240 g/mol. The van der Waals surface area contributed by atoms with Crippen molar-refractivity contribution in [3.63, 3.8) is 0 Å². The summed E-state index contributed by atoms with van der Waals surface area (Å²) in [5.41, 5.74) is 0.265.